The fourth-order valence-electron chi connectivity index (χ4n) is 3.02. The van der Waals surface area contributed by atoms with E-state index >= 15 is 0 Å². The molecule has 116 valence electrons. The van der Waals surface area contributed by atoms with E-state index in [2.05, 4.69) is 20.6 Å². The van der Waals surface area contributed by atoms with E-state index < -0.39 is 0 Å². The monoisotopic (exact) mass is 292 g/mol. The van der Waals surface area contributed by atoms with Crippen LogP contribution in [0, 0.1) is 0 Å². The molecule has 0 spiro atoms. The third kappa shape index (κ3) is 3.83. The summed E-state index contributed by atoms with van der Waals surface area (Å²) in [5, 5.41) is 6.53. The van der Waals surface area contributed by atoms with Crippen LogP contribution in [0.4, 0.5) is 5.95 Å². The lowest BCUT2D eigenvalue weighted by molar-refractivity contribution is 0.0134. The van der Waals surface area contributed by atoms with Gasteiger partial charge in [0.25, 0.3) is 5.56 Å². The van der Waals surface area contributed by atoms with Crippen molar-refractivity contribution in [3.63, 3.8) is 0 Å². The lowest BCUT2D eigenvalue weighted by atomic mass is 10.1. The molecule has 3 heterocycles. The van der Waals surface area contributed by atoms with Crippen LogP contribution in [0.5, 0.6) is 0 Å². The van der Waals surface area contributed by atoms with Crippen LogP contribution >= 0.6 is 0 Å². The van der Waals surface area contributed by atoms with Crippen molar-refractivity contribution < 1.29 is 4.74 Å². The Balaban J connectivity index is 1.59. The van der Waals surface area contributed by atoms with Crippen molar-refractivity contribution in [3.8, 4) is 0 Å². The van der Waals surface area contributed by atoms with Gasteiger partial charge in [0, 0.05) is 31.7 Å². The Morgan fingerprint density at radius 2 is 2.19 bits per heavy atom. The predicted molar refractivity (Wildman–Crippen MR) is 81.8 cm³/mol. The molecule has 1 saturated heterocycles. The van der Waals surface area contributed by atoms with Gasteiger partial charge in [0.2, 0.25) is 5.95 Å². The summed E-state index contributed by atoms with van der Waals surface area (Å²) in [6.07, 6.45) is 6.46. The van der Waals surface area contributed by atoms with E-state index in [1.54, 1.807) is 0 Å². The zero-order valence-electron chi connectivity index (χ0n) is 12.4. The molecule has 21 heavy (non-hydrogen) atoms. The number of H-pyrrole nitrogens is 1. The van der Waals surface area contributed by atoms with Crippen molar-refractivity contribution >= 4 is 5.95 Å². The zero-order chi connectivity index (χ0) is 14.5. The summed E-state index contributed by atoms with van der Waals surface area (Å²) in [5.74, 6) is 0.594. The molecule has 0 amide bonds. The number of nitrogens with zero attached hydrogens (tertiary/aromatic N) is 1. The largest absolute Gasteiger partial charge is 0.378 e. The quantitative estimate of drug-likeness (QED) is 0.766. The molecule has 0 aromatic carbocycles. The number of anilines is 1. The third-order valence-electron chi connectivity index (χ3n) is 4.22. The number of rotatable bonds is 4. The topological polar surface area (TPSA) is 79.0 Å². The summed E-state index contributed by atoms with van der Waals surface area (Å²) in [5.41, 5.74) is 1.77. The highest BCUT2D eigenvalue weighted by atomic mass is 16.5. The van der Waals surface area contributed by atoms with Gasteiger partial charge >= 0.3 is 0 Å². The average molecular weight is 292 g/mol. The molecule has 1 aromatic rings. The molecule has 0 aliphatic carbocycles. The number of hydrogen-bond donors (Lipinski definition) is 3. The van der Waals surface area contributed by atoms with Crippen LogP contribution < -0.4 is 16.2 Å². The van der Waals surface area contributed by atoms with Gasteiger partial charge in [0.1, 0.15) is 0 Å². The normalized spacial score (nSPS) is 22.4. The Bertz CT molecular complexity index is 523. The minimum atomic E-state index is 0.000108. The molecule has 0 saturated carbocycles. The highest BCUT2D eigenvalue weighted by Gasteiger charge is 2.15. The maximum absolute atomic E-state index is 12.1. The fourth-order valence-corrected chi connectivity index (χ4v) is 3.02. The van der Waals surface area contributed by atoms with E-state index in [-0.39, 0.29) is 5.56 Å². The van der Waals surface area contributed by atoms with Crippen LogP contribution in [0.3, 0.4) is 0 Å². The first kappa shape index (κ1) is 14.5. The number of nitrogens with one attached hydrogen (secondary N) is 3. The Labute approximate surface area is 124 Å². The summed E-state index contributed by atoms with van der Waals surface area (Å²) >= 11 is 0. The van der Waals surface area contributed by atoms with Crippen LogP contribution in [0.1, 0.15) is 36.9 Å². The van der Waals surface area contributed by atoms with Gasteiger partial charge in [-0.1, -0.05) is 0 Å². The lowest BCUT2D eigenvalue weighted by Gasteiger charge is -2.22. The van der Waals surface area contributed by atoms with E-state index in [1.807, 2.05) is 0 Å². The SMILES string of the molecule is O=c1[nH]c(NCCC2CCCCO2)nc2c1CCNCC2. The fraction of sp³-hybridized carbons (Fsp3) is 0.733. The average Bonchev–Trinajstić information content (AvgIpc) is 2.74. The number of ether oxygens (including phenoxy) is 1. The number of fused-ring (bicyclic) bond motifs is 1. The first-order chi connectivity index (χ1) is 10.3. The number of aromatic nitrogens is 2. The third-order valence-corrected chi connectivity index (χ3v) is 4.22. The summed E-state index contributed by atoms with van der Waals surface area (Å²) in [6.45, 7) is 3.40. The molecular weight excluding hydrogens is 268 g/mol. The molecule has 0 bridgehead atoms. The number of hydrogen-bond acceptors (Lipinski definition) is 5. The molecule has 3 rings (SSSR count). The molecule has 2 aliphatic rings. The van der Waals surface area contributed by atoms with Crippen LogP contribution in [0.15, 0.2) is 4.79 Å². The molecule has 6 heteroatoms. The molecule has 0 radical (unpaired) electrons. The molecule has 2 aliphatic heterocycles. The Morgan fingerprint density at radius 3 is 3.05 bits per heavy atom. The molecule has 3 N–H and O–H groups in total. The van der Waals surface area contributed by atoms with Crippen molar-refractivity contribution in [2.45, 2.75) is 44.6 Å². The van der Waals surface area contributed by atoms with Gasteiger partial charge in [-0.3, -0.25) is 9.78 Å². The predicted octanol–water partition coefficient (Wildman–Crippen LogP) is 0.829. The lowest BCUT2D eigenvalue weighted by Crippen LogP contribution is -2.24. The Morgan fingerprint density at radius 1 is 1.29 bits per heavy atom. The van der Waals surface area contributed by atoms with Crippen molar-refractivity contribution in [1.29, 1.82) is 0 Å². The van der Waals surface area contributed by atoms with E-state index in [0.29, 0.717) is 12.1 Å². The molecular formula is C15H24N4O2. The maximum Gasteiger partial charge on any atom is 0.255 e. The van der Waals surface area contributed by atoms with E-state index in [0.717, 1.165) is 63.2 Å². The van der Waals surface area contributed by atoms with Gasteiger partial charge in [0.05, 0.1) is 11.8 Å². The Kier molecular flexibility index (Phi) is 4.87. The first-order valence-electron chi connectivity index (χ1n) is 8.01. The van der Waals surface area contributed by atoms with Crippen molar-refractivity contribution in [2.75, 3.05) is 31.6 Å². The van der Waals surface area contributed by atoms with Crippen LogP contribution in [0.2, 0.25) is 0 Å². The summed E-state index contributed by atoms with van der Waals surface area (Å²) in [6, 6.07) is 0. The minimum Gasteiger partial charge on any atom is -0.378 e. The van der Waals surface area contributed by atoms with E-state index in [4.69, 9.17) is 4.74 Å². The highest BCUT2D eigenvalue weighted by Crippen LogP contribution is 2.15. The molecule has 1 fully saturated rings. The van der Waals surface area contributed by atoms with Gasteiger partial charge in [-0.05, 0) is 38.6 Å². The van der Waals surface area contributed by atoms with Crippen LogP contribution in [0.25, 0.3) is 0 Å². The van der Waals surface area contributed by atoms with Crippen LogP contribution in [-0.2, 0) is 17.6 Å². The van der Waals surface area contributed by atoms with Gasteiger partial charge in [-0.25, -0.2) is 4.98 Å². The zero-order valence-corrected chi connectivity index (χ0v) is 12.4. The summed E-state index contributed by atoms with van der Waals surface area (Å²) < 4.78 is 5.71. The van der Waals surface area contributed by atoms with E-state index in [1.165, 1.54) is 12.8 Å². The summed E-state index contributed by atoms with van der Waals surface area (Å²) in [7, 11) is 0. The smallest absolute Gasteiger partial charge is 0.255 e. The van der Waals surface area contributed by atoms with Gasteiger partial charge in [-0.2, -0.15) is 0 Å². The van der Waals surface area contributed by atoms with Gasteiger partial charge in [0.15, 0.2) is 0 Å². The molecule has 1 atom stereocenters. The first-order valence-corrected chi connectivity index (χ1v) is 8.01. The van der Waals surface area contributed by atoms with Crippen molar-refractivity contribution in [1.82, 2.24) is 15.3 Å². The van der Waals surface area contributed by atoms with Gasteiger partial charge in [-0.15, -0.1) is 0 Å². The van der Waals surface area contributed by atoms with Crippen LogP contribution in [-0.4, -0.2) is 42.3 Å². The van der Waals surface area contributed by atoms with Gasteiger partial charge < -0.3 is 15.4 Å². The highest BCUT2D eigenvalue weighted by molar-refractivity contribution is 5.30. The standard InChI is InChI=1S/C15H24N4O2/c20-14-12-5-7-16-8-6-13(12)18-15(19-14)17-9-4-11-3-1-2-10-21-11/h11,16H,1-10H2,(H2,17,18,19,20). The molecule has 1 unspecified atom stereocenters. The Hall–Kier alpha value is -1.40. The van der Waals surface area contributed by atoms with E-state index in [9.17, 15) is 4.79 Å². The summed E-state index contributed by atoms with van der Waals surface area (Å²) in [4.78, 5) is 19.5. The van der Waals surface area contributed by atoms with Crippen molar-refractivity contribution in [3.05, 3.63) is 21.6 Å². The second-order valence-electron chi connectivity index (χ2n) is 5.79. The molecule has 6 nitrogen and oxygen atoms in total. The molecule has 1 aromatic heterocycles. The number of aromatic amines is 1. The maximum atomic E-state index is 12.1. The van der Waals surface area contributed by atoms with Crippen molar-refractivity contribution in [2.24, 2.45) is 0 Å². The second-order valence-corrected chi connectivity index (χ2v) is 5.79. The second kappa shape index (κ2) is 7.04. The minimum absolute atomic E-state index is 0.000108.